The van der Waals surface area contributed by atoms with Crippen LogP contribution in [-0.4, -0.2) is 38.6 Å². The zero-order chi connectivity index (χ0) is 19.5. The monoisotopic (exact) mass is 422 g/mol. The van der Waals surface area contributed by atoms with Gasteiger partial charge in [0.1, 0.15) is 10.6 Å². The number of benzene rings is 1. The zero-order valence-corrected chi connectivity index (χ0v) is 15.3. The highest BCUT2D eigenvalue weighted by Crippen LogP contribution is 2.37. The first-order valence-electron chi connectivity index (χ1n) is 6.72. The number of aliphatic carboxylic acids is 1. The number of carboxylic acid groups (broad SMARTS) is 1. The molecule has 0 atom stereocenters. The molecule has 1 heterocycles. The molecule has 0 aliphatic heterocycles. The Labute approximate surface area is 159 Å². The number of carbonyl (C=O) groups is 1. The average Bonchev–Trinajstić information content (AvgIpc) is 2.57. The summed E-state index contributed by atoms with van der Waals surface area (Å²) in [4.78, 5) is 19.9. The van der Waals surface area contributed by atoms with Crippen LogP contribution in [0.15, 0.2) is 51.3 Å². The molecule has 0 fully saturated rings. The van der Waals surface area contributed by atoms with Gasteiger partial charge < -0.3 is 10.2 Å². The first kappa shape index (κ1) is 20.4. The molecule has 2 rings (SSSR count). The van der Waals surface area contributed by atoms with Crippen molar-refractivity contribution in [3.63, 3.8) is 0 Å². The molecule has 138 valence electrons. The second-order valence-electron chi connectivity index (χ2n) is 4.66. The summed E-state index contributed by atoms with van der Waals surface area (Å²) in [6.07, 6.45) is -2.62. The lowest BCUT2D eigenvalue weighted by Crippen LogP contribution is -2.18. The summed E-state index contributed by atoms with van der Waals surface area (Å²) in [5.74, 6) is -4.17. The summed E-state index contributed by atoms with van der Waals surface area (Å²) in [6, 6.07) is 6.35. The maximum absolute atomic E-state index is 12.9. The topological polar surface area (TPSA) is 83.3 Å². The maximum atomic E-state index is 12.9. The largest absolute Gasteiger partial charge is 0.504 e. The third-order valence-electron chi connectivity index (χ3n) is 2.93. The van der Waals surface area contributed by atoms with Gasteiger partial charge in [0.2, 0.25) is 5.76 Å². The van der Waals surface area contributed by atoms with Crippen molar-refractivity contribution < 1.29 is 28.2 Å². The number of hydrogen-bond acceptors (Lipinski definition) is 6. The number of allylic oxidation sites excluding steroid dienone is 1. The van der Waals surface area contributed by atoms with Crippen LogP contribution in [0.3, 0.4) is 0 Å². The Morgan fingerprint density at radius 1 is 1.19 bits per heavy atom. The predicted octanol–water partition coefficient (Wildman–Crippen LogP) is 4.92. The fourth-order valence-corrected chi connectivity index (χ4v) is 3.22. The molecule has 0 amide bonds. The van der Waals surface area contributed by atoms with Crippen LogP contribution < -0.4 is 0 Å². The Bertz CT molecular complexity index is 858. The summed E-state index contributed by atoms with van der Waals surface area (Å²) in [6.45, 7) is 0. The zero-order valence-electron chi connectivity index (χ0n) is 12.9. The van der Waals surface area contributed by atoms with E-state index in [1.807, 2.05) is 0 Å². The SMILES string of the molecule is CSc1ncc(/C(C(=O)O)=C(/O)C(F)(F)F)c(Sc2ccc(Cl)cc2)n1. The van der Waals surface area contributed by atoms with Crippen molar-refractivity contribution in [2.24, 2.45) is 0 Å². The van der Waals surface area contributed by atoms with Crippen molar-refractivity contribution in [2.45, 2.75) is 21.3 Å². The van der Waals surface area contributed by atoms with Gasteiger partial charge in [0.25, 0.3) is 0 Å². The summed E-state index contributed by atoms with van der Waals surface area (Å²) in [5, 5.41) is 19.3. The van der Waals surface area contributed by atoms with Crippen LogP contribution in [0.1, 0.15) is 5.56 Å². The third kappa shape index (κ3) is 4.83. The fraction of sp³-hybridized carbons (Fsp3) is 0.133. The van der Waals surface area contributed by atoms with Gasteiger partial charge in [0.05, 0.1) is 0 Å². The van der Waals surface area contributed by atoms with Crippen molar-refractivity contribution in [1.29, 1.82) is 0 Å². The lowest BCUT2D eigenvalue weighted by atomic mass is 10.1. The highest BCUT2D eigenvalue weighted by molar-refractivity contribution is 7.99. The minimum Gasteiger partial charge on any atom is -0.504 e. The van der Waals surface area contributed by atoms with Crippen LogP contribution in [0.4, 0.5) is 13.2 Å². The van der Waals surface area contributed by atoms with Crippen LogP contribution in [0, 0.1) is 0 Å². The standard InChI is InChI=1S/C15H10ClF3N2O3S2/c1-25-14-20-6-9(10(13(23)24)11(22)15(17,18)19)12(21-14)26-8-4-2-7(16)3-5-8/h2-6,22H,1H3,(H,23,24)/b11-10-. The van der Waals surface area contributed by atoms with Gasteiger partial charge in [0, 0.05) is 21.7 Å². The van der Waals surface area contributed by atoms with Crippen LogP contribution >= 0.6 is 35.1 Å². The number of hydrogen-bond donors (Lipinski definition) is 2. The molecule has 1 aromatic carbocycles. The lowest BCUT2D eigenvalue weighted by molar-refractivity contribution is -0.134. The third-order valence-corrected chi connectivity index (χ3v) is 4.76. The number of thioether (sulfide) groups is 1. The van der Waals surface area contributed by atoms with E-state index in [0.717, 1.165) is 29.7 Å². The van der Waals surface area contributed by atoms with E-state index in [0.29, 0.717) is 9.92 Å². The quantitative estimate of drug-likeness (QED) is 0.232. The van der Waals surface area contributed by atoms with Gasteiger partial charge in [-0.2, -0.15) is 13.2 Å². The smallest absolute Gasteiger partial charge is 0.449 e. The van der Waals surface area contributed by atoms with E-state index >= 15 is 0 Å². The summed E-state index contributed by atoms with van der Waals surface area (Å²) in [5.41, 5.74) is -1.76. The Morgan fingerprint density at radius 3 is 2.31 bits per heavy atom. The number of aliphatic hydroxyl groups is 1. The molecule has 0 radical (unpaired) electrons. The molecule has 26 heavy (non-hydrogen) atoms. The Kier molecular flexibility index (Phi) is 6.43. The van der Waals surface area contributed by atoms with Crippen LogP contribution in [0.2, 0.25) is 5.02 Å². The van der Waals surface area contributed by atoms with E-state index in [9.17, 15) is 28.2 Å². The molecule has 0 spiro atoms. The number of carboxylic acids is 1. The molecule has 11 heteroatoms. The molecule has 0 unspecified atom stereocenters. The normalized spacial score (nSPS) is 12.7. The predicted molar refractivity (Wildman–Crippen MR) is 92.6 cm³/mol. The van der Waals surface area contributed by atoms with Crippen LogP contribution in [0.25, 0.3) is 5.57 Å². The first-order valence-corrected chi connectivity index (χ1v) is 9.14. The maximum Gasteiger partial charge on any atom is 0.449 e. The molecular weight excluding hydrogens is 413 g/mol. The lowest BCUT2D eigenvalue weighted by Gasteiger charge is -2.13. The van der Waals surface area contributed by atoms with Crippen molar-refractivity contribution in [1.82, 2.24) is 9.97 Å². The Hall–Kier alpha value is -1.91. The summed E-state index contributed by atoms with van der Waals surface area (Å²) in [7, 11) is 0. The van der Waals surface area contributed by atoms with Crippen LogP contribution in [-0.2, 0) is 4.79 Å². The molecular formula is C15H10ClF3N2O3S2. The highest BCUT2D eigenvalue weighted by Gasteiger charge is 2.40. The Morgan fingerprint density at radius 2 is 1.81 bits per heavy atom. The van der Waals surface area contributed by atoms with Gasteiger partial charge >= 0.3 is 12.1 Å². The highest BCUT2D eigenvalue weighted by atomic mass is 35.5. The summed E-state index contributed by atoms with van der Waals surface area (Å²) >= 11 is 7.86. The molecule has 2 N–H and O–H groups in total. The van der Waals surface area contributed by atoms with Gasteiger partial charge in [0.15, 0.2) is 5.16 Å². The fourth-order valence-electron chi connectivity index (χ4n) is 1.80. The van der Waals surface area contributed by atoms with Gasteiger partial charge in [-0.15, -0.1) is 0 Å². The molecule has 0 aliphatic carbocycles. The van der Waals surface area contributed by atoms with E-state index in [-0.39, 0.29) is 10.2 Å². The second kappa shape index (κ2) is 8.19. The Balaban J connectivity index is 2.63. The molecule has 5 nitrogen and oxygen atoms in total. The van der Waals surface area contributed by atoms with Gasteiger partial charge in [-0.1, -0.05) is 35.1 Å². The van der Waals surface area contributed by atoms with E-state index < -0.39 is 29.0 Å². The number of aromatic nitrogens is 2. The van der Waals surface area contributed by atoms with Crippen molar-refractivity contribution >= 4 is 46.7 Å². The van der Waals surface area contributed by atoms with E-state index in [1.54, 1.807) is 30.5 Å². The minimum atomic E-state index is -5.23. The van der Waals surface area contributed by atoms with E-state index in [2.05, 4.69) is 9.97 Å². The van der Waals surface area contributed by atoms with Crippen molar-refractivity contribution in [3.8, 4) is 0 Å². The van der Waals surface area contributed by atoms with E-state index in [1.165, 1.54) is 0 Å². The molecule has 0 saturated heterocycles. The van der Waals surface area contributed by atoms with Gasteiger partial charge in [-0.05, 0) is 30.5 Å². The number of halogens is 4. The number of nitrogens with zero attached hydrogens (tertiary/aromatic N) is 2. The molecule has 0 saturated carbocycles. The van der Waals surface area contributed by atoms with Crippen molar-refractivity contribution in [3.05, 3.63) is 46.8 Å². The van der Waals surface area contributed by atoms with Crippen LogP contribution in [0.5, 0.6) is 0 Å². The number of aliphatic hydroxyl groups excluding tert-OH is 1. The molecule has 2 aromatic rings. The number of alkyl halides is 3. The molecule has 1 aromatic heterocycles. The van der Waals surface area contributed by atoms with Gasteiger partial charge in [-0.25, -0.2) is 14.8 Å². The molecule has 0 aliphatic rings. The average molecular weight is 423 g/mol. The number of rotatable bonds is 5. The second-order valence-corrected chi connectivity index (χ2v) is 6.93. The van der Waals surface area contributed by atoms with E-state index in [4.69, 9.17) is 11.6 Å². The molecule has 0 bridgehead atoms. The van der Waals surface area contributed by atoms with Gasteiger partial charge in [-0.3, -0.25) is 0 Å². The first-order chi connectivity index (χ1) is 12.1. The summed E-state index contributed by atoms with van der Waals surface area (Å²) < 4.78 is 38.6. The van der Waals surface area contributed by atoms with Crippen molar-refractivity contribution in [2.75, 3.05) is 6.26 Å². The minimum absolute atomic E-state index is 0.0418.